The predicted octanol–water partition coefficient (Wildman–Crippen LogP) is 2.93. The summed E-state index contributed by atoms with van der Waals surface area (Å²) in [5.74, 6) is 0.308. The van der Waals surface area contributed by atoms with Gasteiger partial charge in [0.05, 0.1) is 9.88 Å². The third-order valence-electron chi connectivity index (χ3n) is 3.99. The maximum Gasteiger partial charge on any atom is 0.261 e. The van der Waals surface area contributed by atoms with Gasteiger partial charge >= 0.3 is 0 Å². The minimum Gasteiger partial charge on any atom is -0.396 e. The topological polar surface area (TPSA) is 78.4 Å². The van der Waals surface area contributed by atoms with E-state index in [4.69, 9.17) is 5.11 Å². The highest BCUT2D eigenvalue weighted by atomic mass is 32.1. The van der Waals surface area contributed by atoms with Crippen LogP contribution in [0.1, 0.15) is 55.3 Å². The van der Waals surface area contributed by atoms with Gasteiger partial charge in [-0.1, -0.05) is 20.8 Å². The van der Waals surface area contributed by atoms with Crippen molar-refractivity contribution >= 4 is 28.2 Å². The molecule has 1 aliphatic rings. The van der Waals surface area contributed by atoms with Crippen molar-refractivity contribution in [2.75, 3.05) is 11.9 Å². The SMILES string of the molecule is Cc1cc(NC(=O)C(C)(C)C)sc1C(=O)NC(CCO)C1CC1. The van der Waals surface area contributed by atoms with Crippen LogP contribution in [0.4, 0.5) is 5.00 Å². The Bertz CT molecular complexity index is 585. The number of carbonyl (C=O) groups excluding carboxylic acids is 2. The fraction of sp³-hybridized carbons (Fsp3) is 0.647. The molecule has 1 aliphatic carbocycles. The van der Waals surface area contributed by atoms with E-state index in [1.54, 1.807) is 0 Å². The average molecular weight is 338 g/mol. The molecule has 1 unspecified atom stereocenters. The Morgan fingerprint density at radius 1 is 1.39 bits per heavy atom. The van der Waals surface area contributed by atoms with Gasteiger partial charge in [-0.2, -0.15) is 0 Å². The number of carbonyl (C=O) groups is 2. The van der Waals surface area contributed by atoms with E-state index in [0.29, 0.717) is 22.2 Å². The van der Waals surface area contributed by atoms with Crippen molar-refractivity contribution in [3.05, 3.63) is 16.5 Å². The van der Waals surface area contributed by atoms with Gasteiger partial charge in [-0.25, -0.2) is 0 Å². The number of hydrogen-bond acceptors (Lipinski definition) is 4. The molecule has 0 radical (unpaired) electrons. The molecule has 1 saturated carbocycles. The lowest BCUT2D eigenvalue weighted by molar-refractivity contribution is -0.123. The summed E-state index contributed by atoms with van der Waals surface area (Å²) in [7, 11) is 0. The van der Waals surface area contributed by atoms with Gasteiger partial charge in [0.2, 0.25) is 5.91 Å². The van der Waals surface area contributed by atoms with Crippen LogP contribution in [0.5, 0.6) is 0 Å². The average Bonchev–Trinajstić information content (AvgIpc) is 3.21. The summed E-state index contributed by atoms with van der Waals surface area (Å²) in [5, 5.41) is 15.7. The monoisotopic (exact) mass is 338 g/mol. The first kappa shape index (κ1) is 17.9. The van der Waals surface area contributed by atoms with Crippen LogP contribution < -0.4 is 10.6 Å². The molecule has 1 fully saturated rings. The van der Waals surface area contributed by atoms with Crippen LogP contribution in [0.2, 0.25) is 0 Å². The van der Waals surface area contributed by atoms with Crippen molar-refractivity contribution in [2.45, 2.75) is 53.0 Å². The Balaban J connectivity index is 2.04. The summed E-state index contributed by atoms with van der Waals surface area (Å²) in [6, 6.07) is 1.88. The van der Waals surface area contributed by atoms with Crippen LogP contribution in [0.25, 0.3) is 0 Å². The number of thiophene rings is 1. The Morgan fingerprint density at radius 2 is 2.04 bits per heavy atom. The zero-order chi connectivity index (χ0) is 17.2. The molecule has 1 aromatic heterocycles. The number of rotatable bonds is 6. The third kappa shape index (κ3) is 4.78. The van der Waals surface area contributed by atoms with E-state index >= 15 is 0 Å². The number of aliphatic hydroxyl groups is 1. The minimum absolute atomic E-state index is 0.0432. The number of anilines is 1. The molecule has 1 heterocycles. The molecule has 23 heavy (non-hydrogen) atoms. The van der Waals surface area contributed by atoms with E-state index in [9.17, 15) is 9.59 Å². The van der Waals surface area contributed by atoms with E-state index in [-0.39, 0.29) is 24.5 Å². The van der Waals surface area contributed by atoms with Gasteiger partial charge in [-0.05, 0) is 43.7 Å². The standard InChI is InChI=1S/C17H26N2O3S/c1-10-9-13(19-16(22)17(2,3)4)23-14(10)15(21)18-12(7-8-20)11-5-6-11/h9,11-12,20H,5-8H2,1-4H3,(H,18,21)(H,19,22). The first-order valence-corrected chi connectivity index (χ1v) is 8.87. The zero-order valence-corrected chi connectivity index (χ0v) is 15.0. The lowest BCUT2D eigenvalue weighted by atomic mass is 9.96. The number of aryl methyl sites for hydroxylation is 1. The van der Waals surface area contributed by atoms with Crippen molar-refractivity contribution in [3.63, 3.8) is 0 Å². The van der Waals surface area contributed by atoms with Crippen LogP contribution >= 0.6 is 11.3 Å². The van der Waals surface area contributed by atoms with Gasteiger partial charge < -0.3 is 15.7 Å². The van der Waals surface area contributed by atoms with Gasteiger partial charge in [0.1, 0.15) is 0 Å². The van der Waals surface area contributed by atoms with E-state index in [0.717, 1.165) is 18.4 Å². The maximum absolute atomic E-state index is 12.5. The van der Waals surface area contributed by atoms with Crippen molar-refractivity contribution in [1.29, 1.82) is 0 Å². The Labute approximate surface area is 141 Å². The van der Waals surface area contributed by atoms with Gasteiger partial charge in [-0.15, -0.1) is 11.3 Å². The molecule has 128 valence electrons. The van der Waals surface area contributed by atoms with Crippen molar-refractivity contribution in [2.24, 2.45) is 11.3 Å². The smallest absolute Gasteiger partial charge is 0.261 e. The first-order chi connectivity index (χ1) is 10.7. The summed E-state index contributed by atoms with van der Waals surface area (Å²) in [5.41, 5.74) is 0.383. The predicted molar refractivity (Wildman–Crippen MR) is 92.8 cm³/mol. The lowest BCUT2D eigenvalue weighted by Gasteiger charge is -2.17. The maximum atomic E-state index is 12.5. The molecule has 0 spiro atoms. The second-order valence-corrected chi connectivity index (χ2v) is 8.31. The summed E-state index contributed by atoms with van der Waals surface area (Å²) >= 11 is 1.30. The molecule has 0 saturated heterocycles. The van der Waals surface area contributed by atoms with Gasteiger partial charge in [0, 0.05) is 18.1 Å². The highest BCUT2D eigenvalue weighted by molar-refractivity contribution is 7.18. The molecule has 0 aromatic carbocycles. The van der Waals surface area contributed by atoms with Gasteiger partial charge in [-0.3, -0.25) is 9.59 Å². The van der Waals surface area contributed by atoms with Crippen LogP contribution in [0.3, 0.4) is 0 Å². The molecule has 5 nitrogen and oxygen atoms in total. The van der Waals surface area contributed by atoms with Crippen molar-refractivity contribution in [3.8, 4) is 0 Å². The molecular formula is C17H26N2O3S. The van der Waals surface area contributed by atoms with E-state index < -0.39 is 5.41 Å². The lowest BCUT2D eigenvalue weighted by Crippen LogP contribution is -2.37. The normalized spacial score (nSPS) is 16.0. The van der Waals surface area contributed by atoms with Gasteiger partial charge in [0.15, 0.2) is 0 Å². The molecule has 2 rings (SSSR count). The van der Waals surface area contributed by atoms with Crippen molar-refractivity contribution in [1.82, 2.24) is 5.32 Å². The summed E-state index contributed by atoms with van der Waals surface area (Å²) in [4.78, 5) is 25.2. The highest BCUT2D eigenvalue weighted by Gasteiger charge is 2.32. The number of nitrogens with one attached hydrogen (secondary N) is 2. The van der Waals surface area contributed by atoms with Crippen molar-refractivity contribution < 1.29 is 14.7 Å². The van der Waals surface area contributed by atoms with E-state index in [1.807, 2.05) is 33.8 Å². The zero-order valence-electron chi connectivity index (χ0n) is 14.2. The summed E-state index contributed by atoms with van der Waals surface area (Å²) in [6.45, 7) is 7.51. The van der Waals surface area contributed by atoms with Crippen LogP contribution in [0.15, 0.2) is 6.07 Å². The Hall–Kier alpha value is -1.40. The highest BCUT2D eigenvalue weighted by Crippen LogP contribution is 2.35. The van der Waals surface area contributed by atoms with Crippen LogP contribution in [-0.4, -0.2) is 29.6 Å². The van der Waals surface area contributed by atoms with Crippen LogP contribution in [-0.2, 0) is 4.79 Å². The van der Waals surface area contributed by atoms with Crippen LogP contribution in [0, 0.1) is 18.3 Å². The largest absolute Gasteiger partial charge is 0.396 e. The van der Waals surface area contributed by atoms with E-state index in [1.165, 1.54) is 11.3 Å². The second-order valence-electron chi connectivity index (χ2n) is 7.26. The fourth-order valence-electron chi connectivity index (χ4n) is 2.37. The molecule has 3 N–H and O–H groups in total. The summed E-state index contributed by atoms with van der Waals surface area (Å²) < 4.78 is 0. The Morgan fingerprint density at radius 3 is 2.57 bits per heavy atom. The fourth-order valence-corrected chi connectivity index (χ4v) is 3.34. The molecule has 1 atom stereocenters. The quantitative estimate of drug-likeness (QED) is 0.746. The minimum atomic E-state index is -0.474. The number of aliphatic hydroxyl groups excluding tert-OH is 1. The van der Waals surface area contributed by atoms with Gasteiger partial charge in [0.25, 0.3) is 5.91 Å². The molecule has 0 aliphatic heterocycles. The number of amides is 2. The molecule has 1 aromatic rings. The van der Waals surface area contributed by atoms with E-state index in [2.05, 4.69) is 10.6 Å². The molecular weight excluding hydrogens is 312 g/mol. The number of hydrogen-bond donors (Lipinski definition) is 3. The Kier molecular flexibility index (Phi) is 5.47. The summed E-state index contributed by atoms with van der Waals surface area (Å²) in [6.07, 6.45) is 2.82. The first-order valence-electron chi connectivity index (χ1n) is 8.06. The second kappa shape index (κ2) is 7.01. The molecule has 0 bridgehead atoms. The molecule has 2 amide bonds. The third-order valence-corrected chi connectivity index (χ3v) is 5.14. The molecule has 6 heteroatoms.